The van der Waals surface area contributed by atoms with Crippen LogP contribution >= 0.6 is 0 Å². The van der Waals surface area contributed by atoms with Crippen molar-refractivity contribution in [1.82, 2.24) is 9.40 Å². The van der Waals surface area contributed by atoms with Gasteiger partial charge in [-0.15, -0.1) is 0 Å². The fourth-order valence-electron chi connectivity index (χ4n) is 4.03. The van der Waals surface area contributed by atoms with E-state index in [1.807, 2.05) is 59.4 Å². The second-order valence-electron chi connectivity index (χ2n) is 7.71. The lowest BCUT2D eigenvalue weighted by molar-refractivity contribution is -0.137. The van der Waals surface area contributed by atoms with Crippen molar-refractivity contribution in [3.63, 3.8) is 0 Å². The van der Waals surface area contributed by atoms with Gasteiger partial charge in [-0.3, -0.25) is 4.21 Å². The molecule has 0 aliphatic carbocycles. The minimum Gasteiger partial charge on any atom is -0.759 e. The normalized spacial score (nSPS) is 12.8. The quantitative estimate of drug-likeness (QED) is 0.179. The zero-order valence-electron chi connectivity index (χ0n) is 17.5. The highest BCUT2D eigenvalue weighted by Crippen LogP contribution is 2.37. The summed E-state index contributed by atoms with van der Waals surface area (Å²) in [7, 11) is 0. The summed E-state index contributed by atoms with van der Waals surface area (Å²) in [6, 6.07) is 25.1. The molecule has 1 atom stereocenters. The van der Waals surface area contributed by atoms with Crippen LogP contribution in [-0.4, -0.2) is 13.3 Å². The van der Waals surface area contributed by atoms with Crippen molar-refractivity contribution < 1.29 is 21.9 Å². The molecule has 5 aromatic rings. The molecule has 0 radical (unpaired) electrons. The van der Waals surface area contributed by atoms with Crippen molar-refractivity contribution >= 4 is 38.5 Å². The van der Waals surface area contributed by atoms with E-state index in [0.29, 0.717) is 22.6 Å². The first-order chi connectivity index (χ1) is 16.3. The molecule has 0 fully saturated rings. The van der Waals surface area contributed by atoms with E-state index in [-0.39, 0.29) is 0 Å². The van der Waals surface area contributed by atoms with Crippen LogP contribution in [0.25, 0.3) is 38.5 Å². The number of hydrazine groups is 1. The van der Waals surface area contributed by atoms with E-state index in [4.69, 9.17) is 0 Å². The molecule has 9 heteroatoms. The topological polar surface area (TPSA) is 69.1 Å². The van der Waals surface area contributed by atoms with Crippen LogP contribution in [0.2, 0.25) is 0 Å². The van der Waals surface area contributed by atoms with E-state index in [1.54, 1.807) is 24.3 Å². The summed E-state index contributed by atoms with van der Waals surface area (Å²) in [5.74, 6) is 0. The number of hydrogen-bond acceptors (Lipinski definition) is 3. The highest BCUT2D eigenvalue weighted by molar-refractivity contribution is 7.77. The van der Waals surface area contributed by atoms with Crippen LogP contribution in [0, 0.1) is 0 Å². The van der Waals surface area contributed by atoms with E-state index in [1.165, 1.54) is 4.57 Å². The van der Waals surface area contributed by atoms with E-state index < -0.39 is 23.0 Å². The molecule has 5 rings (SSSR count). The lowest BCUT2D eigenvalue weighted by Crippen LogP contribution is -2.23. The van der Waals surface area contributed by atoms with Crippen molar-refractivity contribution in [2.75, 3.05) is 5.43 Å². The Balaban J connectivity index is 1.61. The molecule has 4 aromatic carbocycles. The summed E-state index contributed by atoms with van der Waals surface area (Å²) in [6.07, 6.45) is -3.44. The van der Waals surface area contributed by atoms with Gasteiger partial charge in [-0.25, -0.2) is 0 Å². The number of halogens is 3. The van der Waals surface area contributed by atoms with Gasteiger partial charge in [-0.2, -0.15) is 18.0 Å². The summed E-state index contributed by atoms with van der Waals surface area (Å²) < 4.78 is 63.5. The van der Waals surface area contributed by atoms with Crippen LogP contribution in [0.4, 0.5) is 18.9 Å². The molecule has 0 spiro atoms. The molecule has 172 valence electrons. The molecule has 1 unspecified atom stereocenters. The fourth-order valence-corrected chi connectivity index (χ4v) is 4.23. The number of nitrogens with one attached hydrogen (secondary N) is 2. The third-order valence-electron chi connectivity index (χ3n) is 5.61. The molecule has 34 heavy (non-hydrogen) atoms. The van der Waals surface area contributed by atoms with Gasteiger partial charge in [-0.05, 0) is 63.5 Å². The lowest BCUT2D eigenvalue weighted by Gasteiger charge is -2.13. The number of aromatic nitrogens is 1. The molecule has 5 nitrogen and oxygen atoms in total. The predicted octanol–water partition coefficient (Wildman–Crippen LogP) is 6.18. The average Bonchev–Trinajstić information content (AvgIpc) is 3.29. The first kappa shape index (κ1) is 22.1. The van der Waals surface area contributed by atoms with E-state index in [0.717, 1.165) is 33.8 Å². The van der Waals surface area contributed by atoms with E-state index in [2.05, 4.69) is 5.43 Å². The number of fused-ring (bicyclic) bond motifs is 3. The number of nitrogens with zero attached hydrogens (tertiary/aromatic N) is 1. The number of anilines is 1. The van der Waals surface area contributed by atoms with Crippen molar-refractivity contribution in [2.24, 2.45) is 0 Å². The van der Waals surface area contributed by atoms with Crippen molar-refractivity contribution in [3.05, 3.63) is 96.7 Å². The Bertz CT molecular complexity index is 1530. The van der Waals surface area contributed by atoms with Gasteiger partial charge in [0.15, 0.2) is 0 Å². The minimum absolute atomic E-state index is 0.391. The van der Waals surface area contributed by atoms with Crippen LogP contribution in [-0.2, 0) is 17.4 Å². The van der Waals surface area contributed by atoms with Gasteiger partial charge < -0.3 is 14.5 Å². The van der Waals surface area contributed by atoms with E-state index >= 15 is 0 Å². The lowest BCUT2D eigenvalue weighted by atomic mass is 9.99. The second-order valence-corrected chi connectivity index (χ2v) is 8.39. The molecule has 0 saturated carbocycles. The largest absolute Gasteiger partial charge is 0.759 e. The molecular formula is C25H17F3N3O2S-. The molecule has 0 saturated heterocycles. The smallest absolute Gasteiger partial charge is 0.417 e. The number of alkyl halides is 3. The summed E-state index contributed by atoms with van der Waals surface area (Å²) in [6.45, 7) is 0. The molecule has 2 N–H and O–H groups in total. The molecule has 1 aromatic heterocycles. The third kappa shape index (κ3) is 4.28. The maximum Gasteiger partial charge on any atom is 0.417 e. The first-order valence-electron chi connectivity index (χ1n) is 10.2. The fraction of sp³-hybridized carbons (Fsp3) is 0.0400. The van der Waals surface area contributed by atoms with Crippen LogP contribution in [0.1, 0.15) is 5.56 Å². The number of benzene rings is 4. The first-order valence-corrected chi connectivity index (χ1v) is 11.3. The van der Waals surface area contributed by atoms with Crippen LogP contribution < -0.4 is 10.3 Å². The Morgan fingerprint density at radius 1 is 0.824 bits per heavy atom. The molecule has 0 aliphatic rings. The second kappa shape index (κ2) is 8.60. The summed E-state index contributed by atoms with van der Waals surface area (Å²) in [5, 5.41) is 4.12. The van der Waals surface area contributed by atoms with Crippen molar-refractivity contribution in [3.8, 4) is 16.9 Å². The molecule has 0 bridgehead atoms. The van der Waals surface area contributed by atoms with Crippen LogP contribution in [0.3, 0.4) is 0 Å². The number of hydrogen-bond donors (Lipinski definition) is 2. The maximum atomic E-state index is 13.6. The Morgan fingerprint density at radius 3 is 2.26 bits per heavy atom. The summed E-state index contributed by atoms with van der Waals surface area (Å²) in [5.41, 5.74) is 3.69. The molecular weight excluding hydrogens is 463 g/mol. The van der Waals surface area contributed by atoms with Gasteiger partial charge in [0.1, 0.15) is 0 Å². The standard InChI is InChI=1S/C25H18F3N3O2S/c26-25(27,28)19-14-24(31(15-19)21-10-8-20(9-11-21)29-30-34(32)33)18-7-12-23-17(13-18)6-5-16-3-1-2-4-22(16)23/h1-15,29-30H,(H,32,33)/p-1. The van der Waals surface area contributed by atoms with E-state index in [9.17, 15) is 21.9 Å². The van der Waals surface area contributed by atoms with Gasteiger partial charge in [0.25, 0.3) is 0 Å². The zero-order valence-corrected chi connectivity index (χ0v) is 18.3. The van der Waals surface area contributed by atoms with Gasteiger partial charge in [0.05, 0.1) is 11.3 Å². The molecule has 0 aliphatic heterocycles. The van der Waals surface area contributed by atoms with Gasteiger partial charge >= 0.3 is 6.18 Å². The highest BCUT2D eigenvalue weighted by atomic mass is 32.2. The van der Waals surface area contributed by atoms with Crippen LogP contribution in [0.5, 0.6) is 0 Å². The van der Waals surface area contributed by atoms with Gasteiger partial charge in [0.2, 0.25) is 0 Å². The Morgan fingerprint density at radius 2 is 1.53 bits per heavy atom. The zero-order chi connectivity index (χ0) is 23.9. The highest BCUT2D eigenvalue weighted by Gasteiger charge is 2.33. The third-order valence-corrected chi connectivity index (χ3v) is 5.88. The van der Waals surface area contributed by atoms with Gasteiger partial charge in [0, 0.05) is 28.8 Å². The Kier molecular flexibility index (Phi) is 5.60. The van der Waals surface area contributed by atoms with Crippen molar-refractivity contribution in [1.29, 1.82) is 0 Å². The van der Waals surface area contributed by atoms with Crippen molar-refractivity contribution in [2.45, 2.75) is 6.18 Å². The Labute approximate surface area is 195 Å². The van der Waals surface area contributed by atoms with Gasteiger partial charge in [-0.1, -0.05) is 48.5 Å². The summed E-state index contributed by atoms with van der Waals surface area (Å²) >= 11 is -2.50. The monoisotopic (exact) mass is 480 g/mol. The number of rotatable bonds is 5. The average molecular weight is 480 g/mol. The minimum atomic E-state index is -4.50. The molecule has 0 amide bonds. The molecule has 1 heterocycles. The SMILES string of the molecule is O=S([O-])NNc1ccc(-n2cc(C(F)(F)F)cc2-c2ccc3c(ccc4ccccc43)c2)cc1. The Hall–Kier alpha value is -3.66. The predicted molar refractivity (Wildman–Crippen MR) is 127 cm³/mol. The maximum absolute atomic E-state index is 13.6. The summed E-state index contributed by atoms with van der Waals surface area (Å²) in [4.78, 5) is 2.02. The van der Waals surface area contributed by atoms with Crippen LogP contribution in [0.15, 0.2) is 91.1 Å².